The largest absolute Gasteiger partial charge is 0.244 e. The summed E-state index contributed by atoms with van der Waals surface area (Å²) in [6, 6.07) is 27.0. The van der Waals surface area contributed by atoms with Gasteiger partial charge in [-0.15, -0.1) is 0 Å². The summed E-state index contributed by atoms with van der Waals surface area (Å²) in [6.07, 6.45) is 0. The van der Waals surface area contributed by atoms with Gasteiger partial charge in [0.25, 0.3) is 0 Å². The lowest BCUT2D eigenvalue weighted by molar-refractivity contribution is 0.868. The quantitative estimate of drug-likeness (QED) is 0.456. The molecule has 0 atom stereocenters. The molecule has 0 bridgehead atoms. The summed E-state index contributed by atoms with van der Waals surface area (Å²) >= 11 is 0. The molecule has 122 valence electrons. The molecule has 2 heteroatoms. The maximum atomic E-state index is 5.00. The van der Waals surface area contributed by atoms with Crippen molar-refractivity contribution in [3.8, 4) is 22.5 Å². The van der Waals surface area contributed by atoms with Crippen LogP contribution in [0.5, 0.6) is 0 Å². The van der Waals surface area contributed by atoms with E-state index in [4.69, 9.17) is 9.97 Å². The van der Waals surface area contributed by atoms with E-state index in [1.165, 1.54) is 5.56 Å². The minimum atomic E-state index is 0.472. The molecule has 2 nitrogen and oxygen atoms in total. The van der Waals surface area contributed by atoms with Crippen LogP contribution in [-0.2, 0) is 0 Å². The van der Waals surface area contributed by atoms with Crippen LogP contribution in [0.3, 0.4) is 0 Å². The van der Waals surface area contributed by atoms with Gasteiger partial charge in [-0.3, -0.25) is 0 Å². The normalized spacial score (nSPS) is 11.2. The molecular weight excluding hydrogens is 304 g/mol. The molecule has 0 aliphatic heterocycles. The third kappa shape index (κ3) is 3.03. The van der Waals surface area contributed by atoms with Gasteiger partial charge in [0.15, 0.2) is 0 Å². The van der Waals surface area contributed by atoms with Crippen LogP contribution >= 0.6 is 0 Å². The van der Waals surface area contributed by atoms with E-state index in [-0.39, 0.29) is 0 Å². The number of hydrogen-bond donors (Lipinski definition) is 0. The van der Waals surface area contributed by atoms with Gasteiger partial charge in [0.05, 0.1) is 22.4 Å². The number of benzene rings is 3. The second-order valence-corrected chi connectivity index (χ2v) is 6.56. The fourth-order valence-electron chi connectivity index (χ4n) is 3.03. The van der Waals surface area contributed by atoms with Gasteiger partial charge in [-0.2, -0.15) is 0 Å². The molecule has 1 aromatic heterocycles. The molecule has 0 aliphatic rings. The van der Waals surface area contributed by atoms with E-state index in [9.17, 15) is 0 Å². The van der Waals surface area contributed by atoms with Crippen LogP contribution in [0, 0.1) is 0 Å². The highest BCUT2D eigenvalue weighted by Gasteiger charge is 2.13. The summed E-state index contributed by atoms with van der Waals surface area (Å²) in [5, 5.41) is 0. The SMILES string of the molecule is CC(C)c1ccc2nc(-c3ccccc3)c(-c3ccccc3)nc2c1. The van der Waals surface area contributed by atoms with Crippen molar-refractivity contribution < 1.29 is 0 Å². The molecule has 0 N–H and O–H groups in total. The van der Waals surface area contributed by atoms with Gasteiger partial charge in [0.2, 0.25) is 0 Å². The Morgan fingerprint density at radius 1 is 0.600 bits per heavy atom. The van der Waals surface area contributed by atoms with Gasteiger partial charge in [0, 0.05) is 11.1 Å². The molecule has 0 aliphatic carbocycles. The van der Waals surface area contributed by atoms with E-state index in [2.05, 4.69) is 56.3 Å². The first-order chi connectivity index (χ1) is 12.2. The highest BCUT2D eigenvalue weighted by molar-refractivity contribution is 5.86. The first-order valence-electron chi connectivity index (χ1n) is 8.65. The maximum Gasteiger partial charge on any atom is 0.0973 e. The van der Waals surface area contributed by atoms with Crippen molar-refractivity contribution in [1.82, 2.24) is 9.97 Å². The molecule has 3 aromatic carbocycles. The second-order valence-electron chi connectivity index (χ2n) is 6.56. The van der Waals surface area contributed by atoms with E-state index < -0.39 is 0 Å². The van der Waals surface area contributed by atoms with Crippen molar-refractivity contribution in [2.45, 2.75) is 19.8 Å². The molecule has 1 heterocycles. The Bertz CT molecular complexity index is 1010. The van der Waals surface area contributed by atoms with E-state index in [0.29, 0.717) is 5.92 Å². The highest BCUT2D eigenvalue weighted by Crippen LogP contribution is 2.31. The van der Waals surface area contributed by atoms with Crippen molar-refractivity contribution >= 4 is 11.0 Å². The first kappa shape index (κ1) is 15.5. The highest BCUT2D eigenvalue weighted by atomic mass is 14.8. The topological polar surface area (TPSA) is 25.8 Å². The molecule has 0 fully saturated rings. The van der Waals surface area contributed by atoms with Gasteiger partial charge in [-0.05, 0) is 23.6 Å². The van der Waals surface area contributed by atoms with Gasteiger partial charge in [-0.1, -0.05) is 80.6 Å². The molecule has 25 heavy (non-hydrogen) atoms. The van der Waals surface area contributed by atoms with Gasteiger partial charge >= 0.3 is 0 Å². The molecule has 4 aromatic rings. The fraction of sp³-hybridized carbons (Fsp3) is 0.130. The Labute approximate surface area is 148 Å². The number of aromatic nitrogens is 2. The Hall–Kier alpha value is -3.00. The third-order valence-corrected chi connectivity index (χ3v) is 4.45. The van der Waals surface area contributed by atoms with Crippen molar-refractivity contribution in [3.05, 3.63) is 84.4 Å². The molecule has 0 amide bonds. The van der Waals surface area contributed by atoms with Crippen LogP contribution < -0.4 is 0 Å². The minimum Gasteiger partial charge on any atom is -0.244 e. The number of hydrogen-bond acceptors (Lipinski definition) is 2. The lowest BCUT2D eigenvalue weighted by Gasteiger charge is -2.12. The standard InChI is InChI=1S/C23H20N2/c1-16(2)19-13-14-20-21(15-19)25-23(18-11-7-4-8-12-18)22(24-20)17-9-5-3-6-10-17/h3-16H,1-2H3. The lowest BCUT2D eigenvalue weighted by Crippen LogP contribution is -1.97. The Balaban J connectivity index is 2.00. The van der Waals surface area contributed by atoms with E-state index >= 15 is 0 Å². The predicted molar refractivity (Wildman–Crippen MR) is 104 cm³/mol. The zero-order chi connectivity index (χ0) is 17.2. The van der Waals surface area contributed by atoms with E-state index in [1.54, 1.807) is 0 Å². The van der Waals surface area contributed by atoms with Crippen molar-refractivity contribution in [2.24, 2.45) is 0 Å². The molecule has 4 rings (SSSR count). The molecule has 0 spiro atoms. The van der Waals surface area contributed by atoms with Crippen LogP contribution in [-0.4, -0.2) is 9.97 Å². The summed E-state index contributed by atoms with van der Waals surface area (Å²) in [5.41, 5.74) is 7.20. The van der Waals surface area contributed by atoms with E-state index in [1.807, 2.05) is 36.4 Å². The van der Waals surface area contributed by atoms with Crippen LogP contribution in [0.2, 0.25) is 0 Å². The molecule has 0 radical (unpaired) electrons. The van der Waals surface area contributed by atoms with Gasteiger partial charge < -0.3 is 0 Å². The smallest absolute Gasteiger partial charge is 0.0973 e. The Morgan fingerprint density at radius 3 is 1.64 bits per heavy atom. The molecule has 0 unspecified atom stereocenters. The van der Waals surface area contributed by atoms with Gasteiger partial charge in [-0.25, -0.2) is 9.97 Å². The number of nitrogens with zero attached hydrogens (tertiary/aromatic N) is 2. The summed E-state index contributed by atoms with van der Waals surface area (Å²) < 4.78 is 0. The maximum absolute atomic E-state index is 5.00. The number of fused-ring (bicyclic) bond motifs is 1. The van der Waals surface area contributed by atoms with Crippen molar-refractivity contribution in [1.29, 1.82) is 0 Å². The Morgan fingerprint density at radius 2 is 1.12 bits per heavy atom. The molecular formula is C23H20N2. The third-order valence-electron chi connectivity index (χ3n) is 4.45. The fourth-order valence-corrected chi connectivity index (χ4v) is 3.03. The molecule has 0 saturated heterocycles. The van der Waals surface area contributed by atoms with Crippen LogP contribution in [0.15, 0.2) is 78.9 Å². The predicted octanol–water partition coefficient (Wildman–Crippen LogP) is 6.09. The minimum absolute atomic E-state index is 0.472. The summed E-state index contributed by atoms with van der Waals surface area (Å²) in [4.78, 5) is 9.96. The van der Waals surface area contributed by atoms with Crippen LogP contribution in [0.1, 0.15) is 25.3 Å². The number of rotatable bonds is 3. The zero-order valence-corrected chi connectivity index (χ0v) is 14.5. The van der Waals surface area contributed by atoms with Crippen LogP contribution in [0.4, 0.5) is 0 Å². The van der Waals surface area contributed by atoms with Gasteiger partial charge in [0.1, 0.15) is 0 Å². The summed E-state index contributed by atoms with van der Waals surface area (Å²) in [6.45, 7) is 4.40. The molecule has 0 saturated carbocycles. The van der Waals surface area contributed by atoms with Crippen molar-refractivity contribution in [3.63, 3.8) is 0 Å². The van der Waals surface area contributed by atoms with E-state index in [0.717, 1.165) is 33.5 Å². The first-order valence-corrected chi connectivity index (χ1v) is 8.65. The van der Waals surface area contributed by atoms with Crippen LogP contribution in [0.25, 0.3) is 33.5 Å². The average molecular weight is 324 g/mol. The second kappa shape index (κ2) is 6.48. The summed E-state index contributed by atoms with van der Waals surface area (Å²) in [7, 11) is 0. The lowest BCUT2D eigenvalue weighted by atomic mass is 10.0. The Kier molecular flexibility index (Phi) is 4.02. The zero-order valence-electron chi connectivity index (χ0n) is 14.5. The monoisotopic (exact) mass is 324 g/mol. The average Bonchev–Trinajstić information content (AvgIpc) is 2.68. The summed E-state index contributed by atoms with van der Waals surface area (Å²) in [5.74, 6) is 0.472. The van der Waals surface area contributed by atoms with Crippen molar-refractivity contribution in [2.75, 3.05) is 0 Å².